The van der Waals surface area contributed by atoms with Crippen LogP contribution in [-0.2, 0) is 4.74 Å². The quantitative estimate of drug-likeness (QED) is 0.619. The zero-order valence-electron chi connectivity index (χ0n) is 8.34. The summed E-state index contributed by atoms with van der Waals surface area (Å²) in [6, 6.07) is 3.47. The Labute approximate surface area is 88.8 Å². The minimum Gasteiger partial charge on any atom is -0.491 e. The summed E-state index contributed by atoms with van der Waals surface area (Å²) in [5.41, 5.74) is 7.14. The smallest absolute Gasteiger partial charge is 0.125 e. The molecule has 0 heterocycles. The van der Waals surface area contributed by atoms with E-state index in [0.717, 1.165) is 5.56 Å². The largest absolute Gasteiger partial charge is 0.491 e. The number of nitrogen functional groups attached to an aromatic ring is 1. The number of rotatable bonds is 4. The molecule has 0 spiro atoms. The summed E-state index contributed by atoms with van der Waals surface area (Å²) >= 11 is 5.94. The maximum Gasteiger partial charge on any atom is 0.125 e. The Bertz CT molecular complexity index is 315. The van der Waals surface area contributed by atoms with Gasteiger partial charge < -0.3 is 15.2 Å². The van der Waals surface area contributed by atoms with Crippen LogP contribution in [0.15, 0.2) is 12.1 Å². The van der Waals surface area contributed by atoms with Crippen LogP contribution in [-0.4, -0.2) is 20.3 Å². The molecule has 0 amide bonds. The molecule has 2 N–H and O–H groups in total. The average molecular weight is 216 g/mol. The van der Waals surface area contributed by atoms with Crippen molar-refractivity contribution in [3.63, 3.8) is 0 Å². The minimum absolute atomic E-state index is 0.497. The molecule has 78 valence electrons. The highest BCUT2D eigenvalue weighted by Crippen LogP contribution is 2.28. The van der Waals surface area contributed by atoms with Gasteiger partial charge in [-0.15, -0.1) is 0 Å². The van der Waals surface area contributed by atoms with Gasteiger partial charge in [-0.3, -0.25) is 0 Å². The van der Waals surface area contributed by atoms with Gasteiger partial charge in [0.15, 0.2) is 0 Å². The van der Waals surface area contributed by atoms with Gasteiger partial charge in [-0.1, -0.05) is 11.6 Å². The molecule has 1 aromatic carbocycles. The predicted molar refractivity (Wildman–Crippen MR) is 58.0 cm³/mol. The summed E-state index contributed by atoms with van der Waals surface area (Å²) in [5, 5.41) is 0.623. The zero-order valence-corrected chi connectivity index (χ0v) is 9.10. The maximum atomic E-state index is 5.94. The number of halogens is 1. The second-order valence-corrected chi connectivity index (χ2v) is 3.37. The number of methoxy groups -OCH3 is 1. The summed E-state index contributed by atoms with van der Waals surface area (Å²) in [4.78, 5) is 0. The molecule has 1 aromatic rings. The Kier molecular flexibility index (Phi) is 4.04. The van der Waals surface area contributed by atoms with Gasteiger partial charge in [0, 0.05) is 29.4 Å². The highest BCUT2D eigenvalue weighted by atomic mass is 35.5. The second-order valence-electron chi connectivity index (χ2n) is 2.97. The van der Waals surface area contributed by atoms with Crippen LogP contribution in [0.25, 0.3) is 0 Å². The lowest BCUT2D eigenvalue weighted by Crippen LogP contribution is -2.05. The molecular weight excluding hydrogens is 202 g/mol. The van der Waals surface area contributed by atoms with Crippen molar-refractivity contribution < 1.29 is 9.47 Å². The molecule has 14 heavy (non-hydrogen) atoms. The van der Waals surface area contributed by atoms with E-state index in [2.05, 4.69) is 0 Å². The highest BCUT2D eigenvalue weighted by Gasteiger charge is 2.05. The zero-order chi connectivity index (χ0) is 10.6. The molecule has 0 unspecified atom stereocenters. The number of nitrogens with two attached hydrogens (primary N) is 1. The van der Waals surface area contributed by atoms with E-state index >= 15 is 0 Å². The molecule has 0 aliphatic heterocycles. The summed E-state index contributed by atoms with van der Waals surface area (Å²) in [6.45, 7) is 2.94. The van der Waals surface area contributed by atoms with Gasteiger partial charge in [0.2, 0.25) is 0 Å². The number of benzene rings is 1. The molecule has 3 nitrogen and oxygen atoms in total. The molecule has 4 heteroatoms. The molecule has 0 aliphatic rings. The van der Waals surface area contributed by atoms with Crippen LogP contribution < -0.4 is 10.5 Å². The third-order valence-electron chi connectivity index (χ3n) is 1.86. The Morgan fingerprint density at radius 1 is 1.36 bits per heavy atom. The van der Waals surface area contributed by atoms with E-state index in [4.69, 9.17) is 26.8 Å². The lowest BCUT2D eigenvalue weighted by atomic mass is 10.2. The standard InChI is InChI=1S/C10H14ClNO2/c1-7-9(11)5-8(12)6-10(7)14-4-3-13-2/h5-6H,3-4,12H2,1-2H3. The number of ether oxygens (including phenoxy) is 2. The van der Waals surface area contributed by atoms with E-state index in [-0.39, 0.29) is 0 Å². The van der Waals surface area contributed by atoms with Gasteiger partial charge in [0.25, 0.3) is 0 Å². The van der Waals surface area contributed by atoms with E-state index in [1.54, 1.807) is 19.2 Å². The molecule has 0 bridgehead atoms. The fraction of sp³-hybridized carbons (Fsp3) is 0.400. The number of anilines is 1. The fourth-order valence-electron chi connectivity index (χ4n) is 1.06. The van der Waals surface area contributed by atoms with Crippen molar-refractivity contribution in [2.75, 3.05) is 26.1 Å². The second kappa shape index (κ2) is 5.08. The Morgan fingerprint density at radius 2 is 2.07 bits per heavy atom. The molecular formula is C10H14ClNO2. The van der Waals surface area contributed by atoms with Crippen molar-refractivity contribution in [2.45, 2.75) is 6.92 Å². The van der Waals surface area contributed by atoms with Gasteiger partial charge >= 0.3 is 0 Å². The topological polar surface area (TPSA) is 44.5 Å². The van der Waals surface area contributed by atoms with Crippen LogP contribution in [0.1, 0.15) is 5.56 Å². The van der Waals surface area contributed by atoms with Crippen molar-refractivity contribution in [3.05, 3.63) is 22.7 Å². The summed E-state index contributed by atoms with van der Waals surface area (Å²) in [6.07, 6.45) is 0. The van der Waals surface area contributed by atoms with Crippen molar-refractivity contribution in [2.24, 2.45) is 0 Å². The molecule has 0 aliphatic carbocycles. The van der Waals surface area contributed by atoms with Gasteiger partial charge in [-0.25, -0.2) is 0 Å². The van der Waals surface area contributed by atoms with E-state index in [1.165, 1.54) is 0 Å². The van der Waals surface area contributed by atoms with Crippen molar-refractivity contribution in [1.82, 2.24) is 0 Å². The van der Waals surface area contributed by atoms with E-state index in [9.17, 15) is 0 Å². The first kappa shape index (κ1) is 11.1. The lowest BCUT2D eigenvalue weighted by Gasteiger charge is -2.10. The predicted octanol–water partition coefficient (Wildman–Crippen LogP) is 2.26. The van der Waals surface area contributed by atoms with Gasteiger partial charge in [0.05, 0.1) is 6.61 Å². The number of hydrogen-bond acceptors (Lipinski definition) is 3. The maximum absolute atomic E-state index is 5.94. The third-order valence-corrected chi connectivity index (χ3v) is 2.26. The van der Waals surface area contributed by atoms with Crippen LogP contribution in [0, 0.1) is 6.92 Å². The van der Waals surface area contributed by atoms with Crippen LogP contribution in [0.4, 0.5) is 5.69 Å². The number of hydrogen-bond donors (Lipinski definition) is 1. The fourth-order valence-corrected chi connectivity index (χ4v) is 1.28. The molecule has 0 fully saturated rings. The minimum atomic E-state index is 0.497. The normalized spacial score (nSPS) is 10.2. The molecule has 0 aromatic heterocycles. The average Bonchev–Trinajstić information content (AvgIpc) is 2.13. The molecule has 0 saturated heterocycles. The van der Waals surface area contributed by atoms with Gasteiger partial charge in [-0.2, -0.15) is 0 Å². The van der Waals surface area contributed by atoms with Crippen LogP contribution in [0.5, 0.6) is 5.75 Å². The monoisotopic (exact) mass is 215 g/mol. The summed E-state index contributed by atoms with van der Waals surface area (Å²) in [5.74, 6) is 0.715. The molecule has 0 radical (unpaired) electrons. The van der Waals surface area contributed by atoms with E-state index < -0.39 is 0 Å². The molecule has 1 rings (SSSR count). The Balaban J connectivity index is 2.75. The van der Waals surface area contributed by atoms with Gasteiger partial charge in [0.1, 0.15) is 12.4 Å². The third kappa shape index (κ3) is 2.79. The SMILES string of the molecule is COCCOc1cc(N)cc(Cl)c1C. The lowest BCUT2D eigenvalue weighted by molar-refractivity contribution is 0.146. The first-order valence-corrected chi connectivity index (χ1v) is 4.70. The van der Waals surface area contributed by atoms with Crippen LogP contribution >= 0.6 is 11.6 Å². The Hall–Kier alpha value is -0.930. The van der Waals surface area contributed by atoms with E-state index in [1.807, 2.05) is 6.92 Å². The van der Waals surface area contributed by atoms with Crippen molar-refractivity contribution >= 4 is 17.3 Å². The first-order valence-electron chi connectivity index (χ1n) is 4.32. The molecule has 0 atom stereocenters. The van der Waals surface area contributed by atoms with E-state index in [0.29, 0.717) is 29.7 Å². The highest BCUT2D eigenvalue weighted by molar-refractivity contribution is 6.31. The van der Waals surface area contributed by atoms with Crippen LogP contribution in [0.3, 0.4) is 0 Å². The first-order chi connectivity index (χ1) is 6.65. The summed E-state index contributed by atoms with van der Waals surface area (Å²) in [7, 11) is 1.63. The van der Waals surface area contributed by atoms with Crippen molar-refractivity contribution in [1.29, 1.82) is 0 Å². The Morgan fingerprint density at radius 3 is 2.71 bits per heavy atom. The van der Waals surface area contributed by atoms with Crippen LogP contribution in [0.2, 0.25) is 5.02 Å². The summed E-state index contributed by atoms with van der Waals surface area (Å²) < 4.78 is 10.3. The van der Waals surface area contributed by atoms with Gasteiger partial charge in [-0.05, 0) is 13.0 Å². The molecule has 0 saturated carbocycles. The van der Waals surface area contributed by atoms with Crippen molar-refractivity contribution in [3.8, 4) is 5.75 Å².